The van der Waals surface area contributed by atoms with Gasteiger partial charge in [-0.05, 0) is 40.3 Å². The molecule has 0 aliphatic heterocycles. The van der Waals surface area contributed by atoms with Crippen molar-refractivity contribution >= 4 is 21.6 Å². The molecule has 0 atom stereocenters. The highest BCUT2D eigenvalue weighted by atomic mass is 32.2. The molecule has 1 amide bonds. The van der Waals surface area contributed by atoms with Crippen LogP contribution in [0.2, 0.25) is 0 Å². The van der Waals surface area contributed by atoms with Gasteiger partial charge in [0.05, 0.1) is 10.5 Å². The number of carbonyl (C=O) groups excluding carboxylic acids is 1. The first-order chi connectivity index (χ1) is 11.9. The third-order valence-electron chi connectivity index (χ3n) is 3.62. The van der Waals surface area contributed by atoms with Gasteiger partial charge in [-0.15, -0.1) is 5.10 Å². The zero-order chi connectivity index (χ0) is 18.0. The molecule has 0 saturated carbocycles. The molecule has 9 nitrogen and oxygen atoms in total. The zero-order valence-corrected chi connectivity index (χ0v) is 14.4. The minimum absolute atomic E-state index is 0.201. The van der Waals surface area contributed by atoms with E-state index in [0.29, 0.717) is 11.2 Å². The van der Waals surface area contributed by atoms with Gasteiger partial charge in [-0.1, -0.05) is 12.1 Å². The zero-order valence-electron chi connectivity index (χ0n) is 13.6. The lowest BCUT2D eigenvalue weighted by Gasteiger charge is -2.12. The van der Waals surface area contributed by atoms with Crippen LogP contribution in [-0.2, 0) is 16.6 Å². The summed E-state index contributed by atoms with van der Waals surface area (Å²) in [5.41, 5.74) is 1.50. The summed E-state index contributed by atoms with van der Waals surface area (Å²) < 4.78 is 26.6. The van der Waals surface area contributed by atoms with E-state index in [1.807, 2.05) is 0 Å². The number of carbonyl (C=O) groups is 1. The van der Waals surface area contributed by atoms with Gasteiger partial charge in [0.15, 0.2) is 5.65 Å². The second-order valence-electron chi connectivity index (χ2n) is 5.48. The topological polar surface area (TPSA) is 110 Å². The summed E-state index contributed by atoms with van der Waals surface area (Å²) in [4.78, 5) is 12.5. The quantitative estimate of drug-likeness (QED) is 0.701. The molecule has 0 unspecified atom stereocenters. The number of benzene rings is 1. The van der Waals surface area contributed by atoms with Crippen molar-refractivity contribution in [3.05, 3.63) is 53.7 Å². The molecule has 1 N–H and O–H groups in total. The number of pyridine rings is 1. The molecule has 2 aromatic heterocycles. The Hall–Kier alpha value is -2.85. The predicted molar refractivity (Wildman–Crippen MR) is 89.3 cm³/mol. The Morgan fingerprint density at radius 1 is 1.20 bits per heavy atom. The predicted octanol–water partition coefficient (Wildman–Crippen LogP) is 0.305. The molecular weight excluding hydrogens is 344 g/mol. The number of amides is 1. The number of sulfonamides is 1. The maximum Gasteiger partial charge on any atom is 0.255 e. The van der Waals surface area contributed by atoms with E-state index >= 15 is 0 Å². The molecule has 1 aromatic carbocycles. The van der Waals surface area contributed by atoms with E-state index in [9.17, 15) is 13.2 Å². The fourth-order valence-electron chi connectivity index (χ4n) is 2.21. The van der Waals surface area contributed by atoms with Gasteiger partial charge in [0.1, 0.15) is 0 Å². The van der Waals surface area contributed by atoms with Crippen LogP contribution in [0.25, 0.3) is 5.65 Å². The standard InChI is InChI=1S/C15H16N6O3S/c1-20(2)25(23,24)12-7-5-11(6-8-12)10-16-15(22)13-4-3-9-21-14(13)17-18-19-21/h3-9H,10H2,1-2H3,(H,16,22). The number of tetrazole rings is 1. The van der Waals surface area contributed by atoms with Crippen molar-refractivity contribution in [1.82, 2.24) is 29.7 Å². The normalized spacial score (nSPS) is 11.8. The molecule has 0 radical (unpaired) electrons. The monoisotopic (exact) mass is 360 g/mol. The molecule has 0 fully saturated rings. The smallest absolute Gasteiger partial charge is 0.255 e. The van der Waals surface area contributed by atoms with Gasteiger partial charge in [-0.3, -0.25) is 4.79 Å². The first kappa shape index (κ1) is 17.0. The van der Waals surface area contributed by atoms with E-state index in [-0.39, 0.29) is 17.3 Å². The SMILES string of the molecule is CN(C)S(=O)(=O)c1ccc(CNC(=O)c2cccn3nnnc23)cc1. The number of rotatable bonds is 5. The molecule has 3 aromatic rings. The number of hydrogen-bond acceptors (Lipinski definition) is 6. The summed E-state index contributed by atoms with van der Waals surface area (Å²) in [5.74, 6) is -0.314. The second-order valence-corrected chi connectivity index (χ2v) is 7.63. The number of nitrogens with one attached hydrogen (secondary N) is 1. The molecule has 0 aliphatic rings. The van der Waals surface area contributed by atoms with Crippen LogP contribution in [0.5, 0.6) is 0 Å². The van der Waals surface area contributed by atoms with Gasteiger partial charge < -0.3 is 5.32 Å². The lowest BCUT2D eigenvalue weighted by molar-refractivity contribution is 0.0952. The molecule has 0 saturated heterocycles. The molecule has 0 aliphatic carbocycles. The Bertz CT molecular complexity index is 1010. The third-order valence-corrected chi connectivity index (χ3v) is 5.45. The van der Waals surface area contributed by atoms with E-state index in [2.05, 4.69) is 20.8 Å². The van der Waals surface area contributed by atoms with Crippen molar-refractivity contribution in [1.29, 1.82) is 0 Å². The highest BCUT2D eigenvalue weighted by Gasteiger charge is 2.17. The van der Waals surface area contributed by atoms with Crippen molar-refractivity contribution in [3.63, 3.8) is 0 Å². The van der Waals surface area contributed by atoms with Crippen molar-refractivity contribution in [2.45, 2.75) is 11.4 Å². The maximum atomic E-state index is 12.3. The minimum Gasteiger partial charge on any atom is -0.348 e. The summed E-state index contributed by atoms with van der Waals surface area (Å²) in [6, 6.07) is 9.67. The van der Waals surface area contributed by atoms with E-state index in [1.54, 1.807) is 30.5 Å². The number of fused-ring (bicyclic) bond motifs is 1. The van der Waals surface area contributed by atoms with Crippen LogP contribution in [0.3, 0.4) is 0 Å². The highest BCUT2D eigenvalue weighted by Crippen LogP contribution is 2.14. The Balaban J connectivity index is 1.72. The summed E-state index contributed by atoms with van der Waals surface area (Å²) in [6.07, 6.45) is 1.65. The van der Waals surface area contributed by atoms with Gasteiger partial charge in [-0.2, -0.15) is 4.52 Å². The van der Waals surface area contributed by atoms with Crippen molar-refractivity contribution < 1.29 is 13.2 Å². The Morgan fingerprint density at radius 2 is 1.92 bits per heavy atom. The summed E-state index contributed by atoms with van der Waals surface area (Å²) in [7, 11) is -0.514. The summed E-state index contributed by atoms with van der Waals surface area (Å²) in [5, 5.41) is 13.9. The number of hydrogen-bond donors (Lipinski definition) is 1. The van der Waals surface area contributed by atoms with E-state index in [4.69, 9.17) is 0 Å². The van der Waals surface area contributed by atoms with Crippen molar-refractivity contribution in [3.8, 4) is 0 Å². The fourth-order valence-corrected chi connectivity index (χ4v) is 3.11. The molecule has 0 spiro atoms. The lowest BCUT2D eigenvalue weighted by Crippen LogP contribution is -2.24. The Labute approximate surface area is 144 Å². The molecule has 10 heteroatoms. The Morgan fingerprint density at radius 3 is 2.60 bits per heavy atom. The average Bonchev–Trinajstić information content (AvgIpc) is 3.08. The van der Waals surface area contributed by atoms with Gasteiger partial charge in [0, 0.05) is 26.8 Å². The number of aromatic nitrogens is 4. The van der Waals surface area contributed by atoms with Crippen LogP contribution in [0, 0.1) is 0 Å². The van der Waals surface area contributed by atoms with Crippen molar-refractivity contribution in [2.75, 3.05) is 14.1 Å². The maximum absolute atomic E-state index is 12.3. The van der Waals surface area contributed by atoms with Crippen LogP contribution in [0.15, 0.2) is 47.5 Å². The van der Waals surface area contributed by atoms with Gasteiger partial charge in [-0.25, -0.2) is 12.7 Å². The molecule has 3 rings (SSSR count). The summed E-state index contributed by atoms with van der Waals surface area (Å²) in [6.45, 7) is 0.254. The largest absolute Gasteiger partial charge is 0.348 e. The van der Waals surface area contributed by atoms with E-state index in [0.717, 1.165) is 9.87 Å². The van der Waals surface area contributed by atoms with E-state index in [1.165, 1.54) is 30.7 Å². The van der Waals surface area contributed by atoms with Crippen LogP contribution in [0.1, 0.15) is 15.9 Å². The second kappa shape index (κ2) is 6.57. The number of nitrogens with zero attached hydrogens (tertiary/aromatic N) is 5. The fraction of sp³-hybridized carbons (Fsp3) is 0.200. The molecule has 25 heavy (non-hydrogen) atoms. The molecule has 0 bridgehead atoms. The lowest BCUT2D eigenvalue weighted by atomic mass is 10.2. The van der Waals surface area contributed by atoms with Crippen LogP contribution in [0.4, 0.5) is 0 Å². The van der Waals surface area contributed by atoms with Gasteiger partial charge >= 0.3 is 0 Å². The van der Waals surface area contributed by atoms with Gasteiger partial charge in [0.2, 0.25) is 10.0 Å². The average molecular weight is 360 g/mol. The first-order valence-corrected chi connectivity index (χ1v) is 8.80. The molecular formula is C15H16N6O3S. The summed E-state index contributed by atoms with van der Waals surface area (Å²) >= 11 is 0. The highest BCUT2D eigenvalue weighted by molar-refractivity contribution is 7.89. The molecule has 130 valence electrons. The first-order valence-electron chi connectivity index (χ1n) is 7.36. The van der Waals surface area contributed by atoms with Gasteiger partial charge in [0.25, 0.3) is 5.91 Å². The molecule has 2 heterocycles. The minimum atomic E-state index is -3.46. The van der Waals surface area contributed by atoms with E-state index < -0.39 is 10.0 Å². The van der Waals surface area contributed by atoms with Crippen LogP contribution < -0.4 is 5.32 Å². The third kappa shape index (κ3) is 3.35. The van der Waals surface area contributed by atoms with Crippen LogP contribution >= 0.6 is 0 Å². The van der Waals surface area contributed by atoms with Crippen LogP contribution in [-0.4, -0.2) is 52.8 Å². The van der Waals surface area contributed by atoms with Crippen molar-refractivity contribution in [2.24, 2.45) is 0 Å². The Kier molecular flexibility index (Phi) is 4.47.